The van der Waals surface area contributed by atoms with Gasteiger partial charge in [0.1, 0.15) is 19.3 Å². The van der Waals surface area contributed by atoms with Crippen LogP contribution in [0.1, 0.15) is 219 Å². The molecule has 0 radical (unpaired) electrons. The second-order valence-corrected chi connectivity index (χ2v) is 19.9. The van der Waals surface area contributed by atoms with Crippen molar-refractivity contribution < 1.29 is 37.3 Å². The van der Waals surface area contributed by atoms with E-state index in [1.807, 2.05) is 21.1 Å². The number of rotatable bonds is 48. The molecule has 0 aromatic heterocycles. The van der Waals surface area contributed by atoms with Crippen LogP contribution in [0.3, 0.4) is 0 Å². The van der Waals surface area contributed by atoms with E-state index in [0.29, 0.717) is 24.1 Å². The maximum atomic E-state index is 12.7. The fraction of sp³-hybridized carbons (Fsp3) is 0.796. The molecule has 0 aliphatic carbocycles. The molecule has 0 heterocycles. The number of hydrogen-bond acceptors (Lipinski definition) is 7. The number of ether oxygens (including phenoxy) is 2. The van der Waals surface area contributed by atoms with E-state index < -0.39 is 13.9 Å². The Balaban J connectivity index is 4.15. The van der Waals surface area contributed by atoms with Crippen LogP contribution in [-0.2, 0) is 27.9 Å². The summed E-state index contributed by atoms with van der Waals surface area (Å²) >= 11 is 0. The van der Waals surface area contributed by atoms with Gasteiger partial charge in [0, 0.05) is 13.0 Å². The fourth-order valence-electron chi connectivity index (χ4n) is 7.11. The van der Waals surface area contributed by atoms with Gasteiger partial charge in [-0.1, -0.05) is 222 Å². The lowest BCUT2D eigenvalue weighted by molar-refractivity contribution is -0.870. The number of esters is 1. The first-order chi connectivity index (χ1) is 30.6. The Morgan fingerprint density at radius 2 is 0.905 bits per heavy atom. The molecule has 0 aliphatic rings. The van der Waals surface area contributed by atoms with E-state index in [0.717, 1.165) is 51.4 Å². The molecule has 0 aliphatic heterocycles. The summed E-state index contributed by atoms with van der Waals surface area (Å²) in [6.45, 7) is 5.25. The van der Waals surface area contributed by atoms with E-state index in [-0.39, 0.29) is 32.2 Å². The molecule has 0 saturated carbocycles. The van der Waals surface area contributed by atoms with Crippen LogP contribution in [0.5, 0.6) is 0 Å². The average Bonchev–Trinajstić information content (AvgIpc) is 3.24. The van der Waals surface area contributed by atoms with Crippen LogP contribution in [0.2, 0.25) is 0 Å². The smallest absolute Gasteiger partial charge is 0.306 e. The quantitative estimate of drug-likeness (QED) is 0.0197. The lowest BCUT2D eigenvalue weighted by Gasteiger charge is -2.28. The van der Waals surface area contributed by atoms with Gasteiger partial charge in [0.2, 0.25) is 0 Å². The number of unbranched alkanes of at least 4 members (excludes halogenated alkanes) is 24. The molecule has 0 aromatic carbocycles. The van der Waals surface area contributed by atoms with E-state index in [9.17, 15) is 14.3 Å². The van der Waals surface area contributed by atoms with Crippen molar-refractivity contribution in [1.82, 2.24) is 0 Å². The Morgan fingerprint density at radius 1 is 0.508 bits per heavy atom. The zero-order valence-corrected chi connectivity index (χ0v) is 42.7. The highest BCUT2D eigenvalue weighted by atomic mass is 31.2. The average molecular weight is 906 g/mol. The number of phosphoric acid groups is 1. The van der Waals surface area contributed by atoms with Crippen molar-refractivity contribution in [2.24, 2.45) is 0 Å². The van der Waals surface area contributed by atoms with E-state index in [4.69, 9.17) is 18.5 Å². The third kappa shape index (κ3) is 51.1. The third-order valence-corrected chi connectivity index (χ3v) is 12.0. The van der Waals surface area contributed by atoms with Crippen molar-refractivity contribution >= 4 is 13.8 Å². The summed E-state index contributed by atoms with van der Waals surface area (Å²) in [5.41, 5.74) is 0. The zero-order chi connectivity index (χ0) is 46.2. The molecule has 63 heavy (non-hydrogen) atoms. The molecule has 368 valence electrons. The van der Waals surface area contributed by atoms with Crippen molar-refractivity contribution in [1.29, 1.82) is 0 Å². The largest absolute Gasteiger partial charge is 0.756 e. The second kappa shape index (κ2) is 46.7. The lowest BCUT2D eigenvalue weighted by Crippen LogP contribution is -2.37. The van der Waals surface area contributed by atoms with Gasteiger partial charge in [0.05, 0.1) is 34.4 Å². The molecular formula is C54H100NO7P. The first-order valence-corrected chi connectivity index (χ1v) is 27.5. The molecule has 0 rings (SSSR count). The van der Waals surface area contributed by atoms with E-state index in [2.05, 4.69) is 74.6 Å². The summed E-state index contributed by atoms with van der Waals surface area (Å²) in [6, 6.07) is 0. The number of carbonyl (C=O) groups excluding carboxylic acids is 1. The molecule has 0 spiro atoms. The minimum absolute atomic E-state index is 0.0145. The van der Waals surface area contributed by atoms with Crippen molar-refractivity contribution in [3.05, 3.63) is 60.8 Å². The Kier molecular flexibility index (Phi) is 45.4. The maximum absolute atomic E-state index is 12.7. The molecule has 0 amide bonds. The van der Waals surface area contributed by atoms with Gasteiger partial charge >= 0.3 is 5.97 Å². The summed E-state index contributed by atoms with van der Waals surface area (Å²) in [5.74, 6) is -0.388. The Morgan fingerprint density at radius 3 is 1.32 bits per heavy atom. The molecule has 0 N–H and O–H groups in total. The highest BCUT2D eigenvalue weighted by molar-refractivity contribution is 7.45. The van der Waals surface area contributed by atoms with Gasteiger partial charge in [-0.05, 0) is 51.4 Å². The first kappa shape index (κ1) is 61.2. The topological polar surface area (TPSA) is 94.1 Å². The number of quaternary nitrogens is 1. The van der Waals surface area contributed by atoms with Crippen LogP contribution >= 0.6 is 7.82 Å². The van der Waals surface area contributed by atoms with E-state index in [1.54, 1.807) is 0 Å². The van der Waals surface area contributed by atoms with Gasteiger partial charge in [-0.3, -0.25) is 9.36 Å². The molecule has 2 atom stereocenters. The second-order valence-electron chi connectivity index (χ2n) is 18.5. The summed E-state index contributed by atoms with van der Waals surface area (Å²) < 4.78 is 34.7. The molecule has 9 heteroatoms. The third-order valence-electron chi connectivity index (χ3n) is 11.1. The number of hydrogen-bond donors (Lipinski definition) is 0. The predicted molar refractivity (Wildman–Crippen MR) is 268 cm³/mol. The van der Waals surface area contributed by atoms with Crippen LogP contribution in [0, 0.1) is 0 Å². The summed E-state index contributed by atoms with van der Waals surface area (Å²) in [6.07, 6.45) is 59.8. The standard InChI is InChI=1S/C54H100NO7P/c1-6-8-10-12-14-16-18-20-22-24-25-26-27-28-29-30-32-34-36-38-40-42-44-46-49-59-51-53(52-61-63(57,58)60-50-48-55(3,4)5)62-54(56)47-45-43-41-39-37-35-33-31-23-21-19-17-15-13-11-9-7-2/h9,11,15,17,21,23,33,35,39,41,53H,6-8,10,12-14,16,18-20,22,24-32,34,36-38,40,42-52H2,1-5H3/b11-9-,17-15-,23-21-,35-33-,41-39-. The molecule has 8 nitrogen and oxygen atoms in total. The minimum Gasteiger partial charge on any atom is -0.756 e. The summed E-state index contributed by atoms with van der Waals surface area (Å²) in [5, 5.41) is 0. The highest BCUT2D eigenvalue weighted by Crippen LogP contribution is 2.38. The van der Waals surface area contributed by atoms with Crippen LogP contribution in [0.4, 0.5) is 0 Å². The van der Waals surface area contributed by atoms with Gasteiger partial charge in [0.25, 0.3) is 7.82 Å². The highest BCUT2D eigenvalue weighted by Gasteiger charge is 2.20. The lowest BCUT2D eigenvalue weighted by atomic mass is 10.0. The Bertz CT molecular complexity index is 1190. The molecule has 0 aromatic rings. The Hall–Kier alpha value is -1.80. The van der Waals surface area contributed by atoms with Gasteiger partial charge in [-0.2, -0.15) is 0 Å². The zero-order valence-electron chi connectivity index (χ0n) is 41.8. The van der Waals surface area contributed by atoms with Crippen molar-refractivity contribution in [3.63, 3.8) is 0 Å². The van der Waals surface area contributed by atoms with Gasteiger partial charge in [0.15, 0.2) is 0 Å². The molecule has 0 bridgehead atoms. The normalized spacial score (nSPS) is 14.1. The molecule has 0 saturated heterocycles. The first-order valence-electron chi connectivity index (χ1n) is 26.0. The SMILES string of the molecule is CC/C=C\C/C=C\C/C=C\C/C=C\C/C=C\CCCC(=O)OC(COCCCCCCCCCCCCCCCCCCCCCCCCCC)COP(=O)([O-])OCC[N+](C)(C)C. The number of nitrogens with zero attached hydrogens (tertiary/aromatic N) is 1. The Labute approximate surface area is 390 Å². The number of allylic oxidation sites excluding steroid dienone is 10. The van der Waals surface area contributed by atoms with Crippen LogP contribution in [-0.4, -0.2) is 70.7 Å². The van der Waals surface area contributed by atoms with Crippen LogP contribution < -0.4 is 4.89 Å². The van der Waals surface area contributed by atoms with Crippen molar-refractivity contribution in [2.75, 3.05) is 54.1 Å². The number of carbonyl (C=O) groups is 1. The number of likely N-dealkylation sites (N-methyl/N-ethyl adjacent to an activating group) is 1. The van der Waals surface area contributed by atoms with Gasteiger partial charge in [-0.25, -0.2) is 0 Å². The summed E-state index contributed by atoms with van der Waals surface area (Å²) in [7, 11) is 1.32. The predicted octanol–water partition coefficient (Wildman–Crippen LogP) is 15.4. The number of phosphoric ester groups is 1. The van der Waals surface area contributed by atoms with Crippen molar-refractivity contribution in [3.8, 4) is 0 Å². The van der Waals surface area contributed by atoms with Gasteiger partial charge in [-0.15, -0.1) is 0 Å². The molecule has 2 unspecified atom stereocenters. The monoisotopic (exact) mass is 906 g/mol. The molecule has 0 fully saturated rings. The van der Waals surface area contributed by atoms with Crippen LogP contribution in [0.25, 0.3) is 0 Å². The molecular weight excluding hydrogens is 806 g/mol. The summed E-state index contributed by atoms with van der Waals surface area (Å²) in [4.78, 5) is 25.1. The van der Waals surface area contributed by atoms with E-state index in [1.165, 1.54) is 141 Å². The minimum atomic E-state index is -4.55. The maximum Gasteiger partial charge on any atom is 0.306 e. The van der Waals surface area contributed by atoms with Gasteiger partial charge < -0.3 is 27.9 Å². The van der Waals surface area contributed by atoms with Crippen molar-refractivity contribution in [2.45, 2.75) is 225 Å². The van der Waals surface area contributed by atoms with Crippen LogP contribution in [0.15, 0.2) is 60.8 Å². The van der Waals surface area contributed by atoms with E-state index >= 15 is 0 Å². The fourth-order valence-corrected chi connectivity index (χ4v) is 7.84.